The Balaban J connectivity index is 1.75. The Morgan fingerprint density at radius 2 is 1.84 bits per heavy atom. The summed E-state index contributed by atoms with van der Waals surface area (Å²) in [6.45, 7) is 4.18. The van der Waals surface area contributed by atoms with E-state index in [4.69, 9.17) is 4.98 Å². The van der Waals surface area contributed by atoms with Crippen LogP contribution in [-0.4, -0.2) is 48.1 Å². The zero-order valence-corrected chi connectivity index (χ0v) is 15.4. The lowest BCUT2D eigenvalue weighted by atomic mass is 10.0. The van der Waals surface area contributed by atoms with Crippen LogP contribution in [0.2, 0.25) is 0 Å². The Morgan fingerprint density at radius 3 is 2.52 bits per heavy atom. The molecule has 0 radical (unpaired) electrons. The maximum Gasteiger partial charge on any atom is 0.249 e. The highest BCUT2D eigenvalue weighted by Gasteiger charge is 2.41. The molecule has 3 aliphatic rings. The summed E-state index contributed by atoms with van der Waals surface area (Å²) in [7, 11) is 1.86. The molecule has 0 N–H and O–H groups in total. The number of hydrogen-bond donors (Lipinski definition) is 0. The van der Waals surface area contributed by atoms with Crippen LogP contribution in [0.3, 0.4) is 0 Å². The predicted octanol–water partition coefficient (Wildman–Crippen LogP) is 2.97. The number of hydrogen-bond acceptors (Lipinski definition) is 5. The molecular formula is C19H29N5O. The van der Waals surface area contributed by atoms with Gasteiger partial charge in [0.25, 0.3) is 0 Å². The maximum atomic E-state index is 12.9. The van der Waals surface area contributed by atoms with E-state index in [0.717, 1.165) is 49.8 Å². The van der Waals surface area contributed by atoms with Crippen molar-refractivity contribution >= 4 is 23.4 Å². The number of anilines is 3. The van der Waals surface area contributed by atoms with Crippen molar-refractivity contribution in [3.8, 4) is 0 Å². The van der Waals surface area contributed by atoms with E-state index in [0.29, 0.717) is 6.04 Å². The quantitative estimate of drug-likeness (QED) is 0.844. The van der Waals surface area contributed by atoms with Crippen molar-refractivity contribution < 1.29 is 4.79 Å². The number of piperidine rings is 1. The SMILES string of the molecule is CCC1C(=O)N(C)c2cnc(N3CCCCC3)nc2N1C1CCCC1. The minimum absolute atomic E-state index is 0.0929. The number of rotatable bonds is 3. The molecule has 2 aliphatic heterocycles. The summed E-state index contributed by atoms with van der Waals surface area (Å²) in [5, 5.41) is 0. The lowest BCUT2D eigenvalue weighted by Crippen LogP contribution is -2.55. The average Bonchev–Trinajstić information content (AvgIpc) is 3.19. The zero-order chi connectivity index (χ0) is 17.4. The van der Waals surface area contributed by atoms with Crippen molar-refractivity contribution in [1.29, 1.82) is 0 Å². The molecule has 1 aromatic heterocycles. The number of carbonyl (C=O) groups excluding carboxylic acids is 1. The van der Waals surface area contributed by atoms with E-state index in [2.05, 4.69) is 21.7 Å². The fraction of sp³-hybridized carbons (Fsp3) is 0.737. The molecule has 1 aromatic rings. The summed E-state index contributed by atoms with van der Waals surface area (Å²) in [5.41, 5.74) is 0.863. The van der Waals surface area contributed by atoms with Crippen LogP contribution < -0.4 is 14.7 Å². The van der Waals surface area contributed by atoms with Gasteiger partial charge in [0.15, 0.2) is 5.82 Å². The monoisotopic (exact) mass is 343 g/mol. The molecule has 1 saturated carbocycles. The molecule has 0 aromatic carbocycles. The molecule has 6 heteroatoms. The topological polar surface area (TPSA) is 52.6 Å². The van der Waals surface area contributed by atoms with E-state index < -0.39 is 0 Å². The Bertz CT molecular complexity index is 637. The lowest BCUT2D eigenvalue weighted by Gasteiger charge is -2.43. The summed E-state index contributed by atoms with van der Waals surface area (Å²) in [4.78, 5) is 28.9. The molecule has 4 rings (SSSR count). The summed E-state index contributed by atoms with van der Waals surface area (Å²) in [5.74, 6) is 1.98. The van der Waals surface area contributed by atoms with Crippen LogP contribution in [-0.2, 0) is 4.79 Å². The highest BCUT2D eigenvalue weighted by Crippen LogP contribution is 2.40. The minimum Gasteiger partial charge on any atom is -0.341 e. The Hall–Kier alpha value is -1.85. The molecule has 136 valence electrons. The van der Waals surface area contributed by atoms with Gasteiger partial charge in [-0.2, -0.15) is 4.98 Å². The van der Waals surface area contributed by atoms with Gasteiger partial charge >= 0.3 is 0 Å². The fourth-order valence-corrected chi connectivity index (χ4v) is 4.62. The van der Waals surface area contributed by atoms with Gasteiger partial charge < -0.3 is 14.7 Å². The second kappa shape index (κ2) is 6.81. The average molecular weight is 343 g/mol. The van der Waals surface area contributed by atoms with Gasteiger partial charge in [0, 0.05) is 26.2 Å². The highest BCUT2D eigenvalue weighted by molar-refractivity contribution is 6.04. The van der Waals surface area contributed by atoms with Crippen molar-refractivity contribution in [3.63, 3.8) is 0 Å². The van der Waals surface area contributed by atoms with E-state index >= 15 is 0 Å². The molecular weight excluding hydrogens is 314 g/mol. The smallest absolute Gasteiger partial charge is 0.249 e. The Morgan fingerprint density at radius 1 is 1.12 bits per heavy atom. The first kappa shape index (κ1) is 16.6. The van der Waals surface area contributed by atoms with Crippen LogP contribution in [0.4, 0.5) is 17.5 Å². The van der Waals surface area contributed by atoms with Gasteiger partial charge in [-0.05, 0) is 38.5 Å². The summed E-state index contributed by atoms with van der Waals surface area (Å²) >= 11 is 0. The van der Waals surface area contributed by atoms with Crippen LogP contribution in [0.5, 0.6) is 0 Å². The zero-order valence-electron chi connectivity index (χ0n) is 15.4. The minimum atomic E-state index is -0.0929. The summed E-state index contributed by atoms with van der Waals surface area (Å²) < 4.78 is 0. The maximum absolute atomic E-state index is 12.9. The first-order chi connectivity index (χ1) is 12.2. The van der Waals surface area contributed by atoms with Crippen molar-refractivity contribution in [2.75, 3.05) is 34.8 Å². The Labute approximate surface area is 150 Å². The number of aromatic nitrogens is 2. The van der Waals surface area contributed by atoms with Crippen molar-refractivity contribution in [2.24, 2.45) is 0 Å². The van der Waals surface area contributed by atoms with E-state index in [1.54, 1.807) is 4.90 Å². The van der Waals surface area contributed by atoms with E-state index in [1.807, 2.05) is 13.2 Å². The van der Waals surface area contributed by atoms with Gasteiger partial charge in [-0.3, -0.25) is 4.79 Å². The van der Waals surface area contributed by atoms with Crippen LogP contribution in [0, 0.1) is 0 Å². The number of carbonyl (C=O) groups is 1. The van der Waals surface area contributed by atoms with Gasteiger partial charge in [0.1, 0.15) is 11.7 Å². The third-order valence-electron chi connectivity index (χ3n) is 6.04. The molecule has 1 saturated heterocycles. The second-order valence-electron chi connectivity index (χ2n) is 7.59. The van der Waals surface area contributed by atoms with E-state index in [1.165, 1.54) is 32.1 Å². The van der Waals surface area contributed by atoms with Gasteiger partial charge in [-0.1, -0.05) is 19.8 Å². The normalized spacial score (nSPS) is 24.8. The van der Waals surface area contributed by atoms with Crippen LogP contribution in [0.15, 0.2) is 6.20 Å². The molecule has 25 heavy (non-hydrogen) atoms. The van der Waals surface area contributed by atoms with Crippen molar-refractivity contribution in [2.45, 2.75) is 70.4 Å². The molecule has 1 amide bonds. The highest BCUT2D eigenvalue weighted by atomic mass is 16.2. The molecule has 6 nitrogen and oxygen atoms in total. The molecule has 0 bridgehead atoms. The number of amides is 1. The summed E-state index contributed by atoms with van der Waals surface area (Å²) in [6, 6.07) is 0.343. The van der Waals surface area contributed by atoms with Gasteiger partial charge in [0.2, 0.25) is 11.9 Å². The van der Waals surface area contributed by atoms with Gasteiger partial charge in [0.05, 0.1) is 6.20 Å². The number of fused-ring (bicyclic) bond motifs is 1. The molecule has 1 atom stereocenters. The number of nitrogens with zero attached hydrogens (tertiary/aromatic N) is 5. The second-order valence-corrected chi connectivity index (χ2v) is 7.59. The van der Waals surface area contributed by atoms with Crippen LogP contribution >= 0.6 is 0 Å². The Kier molecular flexibility index (Phi) is 4.52. The third-order valence-corrected chi connectivity index (χ3v) is 6.04. The molecule has 1 aliphatic carbocycles. The first-order valence-corrected chi connectivity index (χ1v) is 9.88. The molecule has 2 fully saturated rings. The van der Waals surface area contributed by atoms with Crippen molar-refractivity contribution in [3.05, 3.63) is 6.20 Å². The van der Waals surface area contributed by atoms with Gasteiger partial charge in [-0.15, -0.1) is 0 Å². The standard InChI is InChI=1S/C19H29N5O/c1-3-15-18(25)22(2)16-13-20-19(23-11-7-4-8-12-23)21-17(16)24(15)14-9-5-6-10-14/h13-15H,3-12H2,1-2H3. The lowest BCUT2D eigenvalue weighted by molar-refractivity contribution is -0.120. The summed E-state index contributed by atoms with van der Waals surface area (Å²) in [6.07, 6.45) is 11.2. The molecule has 0 spiro atoms. The van der Waals surface area contributed by atoms with E-state index in [9.17, 15) is 4.79 Å². The molecule has 3 heterocycles. The van der Waals surface area contributed by atoms with Crippen LogP contribution in [0.1, 0.15) is 58.3 Å². The third kappa shape index (κ3) is 2.85. The van der Waals surface area contributed by atoms with Crippen LogP contribution in [0.25, 0.3) is 0 Å². The van der Waals surface area contributed by atoms with E-state index in [-0.39, 0.29) is 11.9 Å². The number of likely N-dealkylation sites (N-methyl/N-ethyl adjacent to an activating group) is 1. The predicted molar refractivity (Wildman–Crippen MR) is 100 cm³/mol. The molecule has 1 unspecified atom stereocenters. The fourth-order valence-electron chi connectivity index (χ4n) is 4.62. The van der Waals surface area contributed by atoms with Gasteiger partial charge in [-0.25, -0.2) is 4.98 Å². The largest absolute Gasteiger partial charge is 0.341 e. The first-order valence-electron chi connectivity index (χ1n) is 9.88. The van der Waals surface area contributed by atoms with Crippen molar-refractivity contribution in [1.82, 2.24) is 9.97 Å².